The fraction of sp³-hybridized carbons (Fsp3) is 0.238. The molecule has 9 nitrogen and oxygen atoms in total. The smallest absolute Gasteiger partial charge is 0.279 e. The lowest BCUT2D eigenvalue weighted by Crippen LogP contribution is -2.70. The van der Waals surface area contributed by atoms with Crippen LogP contribution in [0.1, 0.15) is 11.1 Å². The van der Waals surface area contributed by atoms with Crippen molar-refractivity contribution in [3.63, 3.8) is 0 Å². The topological polar surface area (TPSA) is 129 Å². The van der Waals surface area contributed by atoms with Gasteiger partial charge in [-0.1, -0.05) is 36.4 Å². The number of nitro groups is 1. The summed E-state index contributed by atoms with van der Waals surface area (Å²) in [6, 6.07) is 12.7. The van der Waals surface area contributed by atoms with Crippen molar-refractivity contribution in [1.29, 1.82) is 0 Å². The van der Waals surface area contributed by atoms with Crippen LogP contribution < -0.4 is 5.32 Å². The minimum absolute atomic E-state index is 0.0615. The molecule has 1 fully saturated rings. The van der Waals surface area contributed by atoms with Gasteiger partial charge in [0.25, 0.3) is 11.6 Å². The second kappa shape index (κ2) is 7.27. The van der Waals surface area contributed by atoms with Crippen molar-refractivity contribution in [2.24, 2.45) is 0 Å². The molecule has 1 saturated heterocycles. The third kappa shape index (κ3) is 3.29. The number of hydrogen-bond donors (Lipinski definition) is 3. The monoisotopic (exact) mass is 408 g/mol. The maximum Gasteiger partial charge on any atom is 0.279 e. The largest absolute Gasteiger partial charge is 0.363 e. The first-order valence-electron chi connectivity index (χ1n) is 9.39. The van der Waals surface area contributed by atoms with Crippen molar-refractivity contribution in [3.8, 4) is 0 Å². The molecule has 1 aromatic heterocycles. The number of non-ortho nitro benzene ring substituents is 1. The Kier molecular flexibility index (Phi) is 4.75. The minimum atomic E-state index is -2.05. The maximum absolute atomic E-state index is 12.9. The lowest BCUT2D eigenvalue weighted by molar-refractivity contribution is -0.383. The van der Waals surface area contributed by atoms with Crippen molar-refractivity contribution in [1.82, 2.24) is 15.2 Å². The van der Waals surface area contributed by atoms with Gasteiger partial charge in [-0.25, -0.2) is 0 Å². The summed E-state index contributed by atoms with van der Waals surface area (Å²) in [5.74, 6) is -1.16. The van der Waals surface area contributed by atoms with Crippen molar-refractivity contribution in [2.45, 2.75) is 24.6 Å². The van der Waals surface area contributed by atoms with E-state index in [1.807, 2.05) is 6.07 Å². The van der Waals surface area contributed by atoms with E-state index in [9.17, 15) is 24.8 Å². The molecular formula is C21H20N4O5. The number of amides is 2. The van der Waals surface area contributed by atoms with Crippen LogP contribution in [0.3, 0.4) is 0 Å². The Morgan fingerprint density at radius 2 is 1.90 bits per heavy atom. The number of rotatable bonds is 5. The van der Waals surface area contributed by atoms with Gasteiger partial charge in [-0.15, -0.1) is 0 Å². The van der Waals surface area contributed by atoms with Crippen molar-refractivity contribution < 1.29 is 19.6 Å². The summed E-state index contributed by atoms with van der Waals surface area (Å²) in [6.45, 7) is 0. The maximum atomic E-state index is 12.9. The number of aromatic nitrogens is 1. The van der Waals surface area contributed by atoms with E-state index in [-0.39, 0.29) is 18.5 Å². The molecule has 9 heteroatoms. The molecule has 1 aliphatic rings. The summed E-state index contributed by atoms with van der Waals surface area (Å²) in [7, 11) is 1.45. The molecular weight excluding hydrogens is 388 g/mol. The van der Waals surface area contributed by atoms with Gasteiger partial charge in [0.1, 0.15) is 6.04 Å². The van der Waals surface area contributed by atoms with E-state index in [0.717, 1.165) is 0 Å². The molecule has 0 saturated carbocycles. The predicted octanol–water partition coefficient (Wildman–Crippen LogP) is 1.51. The summed E-state index contributed by atoms with van der Waals surface area (Å²) in [5, 5.41) is 25.1. The van der Waals surface area contributed by atoms with Gasteiger partial charge < -0.3 is 20.3 Å². The zero-order valence-electron chi connectivity index (χ0n) is 16.2. The van der Waals surface area contributed by atoms with E-state index in [0.29, 0.717) is 22.0 Å². The molecule has 2 amide bonds. The normalized spacial score (nSPS) is 21.7. The highest BCUT2D eigenvalue weighted by molar-refractivity contribution is 5.99. The molecule has 1 aliphatic heterocycles. The Labute approximate surface area is 171 Å². The number of piperazine rings is 1. The molecule has 30 heavy (non-hydrogen) atoms. The SMILES string of the molecule is CN1C(=O)C(O)(Cc2ccccc2)NC(=O)C1Cc1c[nH]c2cccc([N+](=O)[O-])c12. The van der Waals surface area contributed by atoms with Crippen molar-refractivity contribution >= 4 is 28.4 Å². The van der Waals surface area contributed by atoms with Crippen LogP contribution in [0, 0.1) is 10.1 Å². The zero-order valence-corrected chi connectivity index (χ0v) is 16.2. The van der Waals surface area contributed by atoms with Gasteiger partial charge in [-0.2, -0.15) is 0 Å². The molecule has 0 bridgehead atoms. The molecule has 4 rings (SSSR count). The van der Waals surface area contributed by atoms with Gasteiger partial charge >= 0.3 is 0 Å². The Bertz CT molecular complexity index is 1140. The fourth-order valence-electron chi connectivity index (χ4n) is 3.95. The Balaban J connectivity index is 1.62. The molecule has 2 heterocycles. The van der Waals surface area contributed by atoms with Gasteiger partial charge in [-0.05, 0) is 17.2 Å². The number of benzene rings is 2. The van der Waals surface area contributed by atoms with Crippen LogP contribution in [0.25, 0.3) is 10.9 Å². The molecule has 3 N–H and O–H groups in total. The Morgan fingerprint density at radius 1 is 1.17 bits per heavy atom. The molecule has 2 aromatic carbocycles. The number of carbonyl (C=O) groups excluding carboxylic acids is 2. The van der Waals surface area contributed by atoms with Crippen molar-refractivity contribution in [3.05, 3.63) is 76.0 Å². The van der Waals surface area contributed by atoms with Gasteiger partial charge in [0.05, 0.1) is 15.8 Å². The van der Waals surface area contributed by atoms with Gasteiger partial charge in [0.15, 0.2) is 0 Å². The number of fused-ring (bicyclic) bond motifs is 1. The second-order valence-electron chi connectivity index (χ2n) is 7.42. The number of carbonyl (C=O) groups is 2. The van der Waals surface area contributed by atoms with Crippen molar-refractivity contribution in [2.75, 3.05) is 7.05 Å². The molecule has 2 unspecified atom stereocenters. The molecule has 0 aliphatic carbocycles. The first kappa shape index (κ1) is 19.6. The molecule has 154 valence electrons. The highest BCUT2D eigenvalue weighted by Crippen LogP contribution is 2.31. The summed E-state index contributed by atoms with van der Waals surface area (Å²) in [5.41, 5.74) is -0.298. The highest BCUT2D eigenvalue weighted by atomic mass is 16.6. The van der Waals surface area contributed by atoms with Gasteiger partial charge in [-0.3, -0.25) is 19.7 Å². The lowest BCUT2D eigenvalue weighted by Gasteiger charge is -2.41. The van der Waals surface area contributed by atoms with Crippen LogP contribution in [0.2, 0.25) is 0 Å². The molecule has 0 radical (unpaired) electrons. The quantitative estimate of drug-likeness (QED) is 0.435. The first-order valence-corrected chi connectivity index (χ1v) is 9.39. The van der Waals surface area contributed by atoms with Crippen LogP contribution in [0.15, 0.2) is 54.7 Å². The number of H-pyrrole nitrogens is 1. The van der Waals surface area contributed by atoms with Crippen LogP contribution in [-0.4, -0.2) is 50.5 Å². The number of hydrogen-bond acceptors (Lipinski definition) is 5. The Hall–Kier alpha value is -3.72. The predicted molar refractivity (Wildman–Crippen MR) is 108 cm³/mol. The second-order valence-corrected chi connectivity index (χ2v) is 7.42. The number of aliphatic hydroxyl groups is 1. The van der Waals surface area contributed by atoms with Crippen LogP contribution in [-0.2, 0) is 22.4 Å². The van der Waals surface area contributed by atoms with E-state index in [2.05, 4.69) is 10.3 Å². The molecule has 2 atom stereocenters. The first-order chi connectivity index (χ1) is 14.3. The van der Waals surface area contributed by atoms with Crippen LogP contribution >= 0.6 is 0 Å². The van der Waals surface area contributed by atoms with E-state index in [1.165, 1.54) is 18.0 Å². The van der Waals surface area contributed by atoms with Crippen LogP contribution in [0.4, 0.5) is 5.69 Å². The summed E-state index contributed by atoms with van der Waals surface area (Å²) < 4.78 is 0. The highest BCUT2D eigenvalue weighted by Gasteiger charge is 2.48. The van der Waals surface area contributed by atoms with E-state index < -0.39 is 28.5 Å². The van der Waals surface area contributed by atoms with Crippen LogP contribution in [0.5, 0.6) is 0 Å². The van der Waals surface area contributed by atoms with E-state index in [4.69, 9.17) is 0 Å². The molecule has 3 aromatic rings. The summed E-state index contributed by atoms with van der Waals surface area (Å²) >= 11 is 0. The third-order valence-electron chi connectivity index (χ3n) is 5.45. The standard InChI is InChI=1S/C21H20N4O5/c1-24-17(10-14-12-22-15-8-5-9-16(18(14)15)25(29)30)19(26)23-21(28,20(24)27)11-13-6-3-2-4-7-13/h2-9,12,17,22,28H,10-11H2,1H3,(H,23,26). The number of nitrogens with one attached hydrogen (secondary N) is 2. The lowest BCUT2D eigenvalue weighted by atomic mass is 9.94. The van der Waals surface area contributed by atoms with E-state index in [1.54, 1.807) is 42.6 Å². The number of nitro benzene ring substituents is 1. The average molecular weight is 408 g/mol. The van der Waals surface area contributed by atoms with Gasteiger partial charge in [0.2, 0.25) is 11.6 Å². The molecule has 0 spiro atoms. The van der Waals surface area contributed by atoms with E-state index >= 15 is 0 Å². The average Bonchev–Trinajstić information content (AvgIpc) is 3.13. The summed E-state index contributed by atoms with van der Waals surface area (Å²) in [4.78, 5) is 40.9. The number of aromatic amines is 1. The number of nitrogens with zero attached hydrogens (tertiary/aromatic N) is 2. The number of likely N-dealkylation sites (N-methyl/N-ethyl adjacent to an activating group) is 1. The summed E-state index contributed by atoms with van der Waals surface area (Å²) in [6.07, 6.45) is 1.61. The fourth-order valence-corrected chi connectivity index (χ4v) is 3.95. The Morgan fingerprint density at radius 3 is 2.60 bits per heavy atom. The van der Waals surface area contributed by atoms with Gasteiger partial charge in [0, 0.05) is 32.2 Å². The zero-order chi connectivity index (χ0) is 21.5. The minimum Gasteiger partial charge on any atom is -0.363 e. The third-order valence-corrected chi connectivity index (χ3v) is 5.45.